The largest absolute Gasteiger partial charge is 0.465 e. The number of esters is 1. The van der Waals surface area contributed by atoms with Gasteiger partial charge < -0.3 is 10.5 Å². The Kier molecular flexibility index (Phi) is 5.09. The highest BCUT2D eigenvalue weighted by Crippen LogP contribution is 2.31. The van der Waals surface area contributed by atoms with Crippen molar-refractivity contribution in [3.8, 4) is 0 Å². The molecule has 3 nitrogen and oxygen atoms in total. The molecule has 3 heteroatoms. The first-order chi connectivity index (χ1) is 7.13. The van der Waals surface area contributed by atoms with E-state index in [-0.39, 0.29) is 5.97 Å². The molecule has 1 fully saturated rings. The van der Waals surface area contributed by atoms with Crippen LogP contribution in [0.4, 0.5) is 0 Å². The average molecular weight is 213 g/mol. The summed E-state index contributed by atoms with van der Waals surface area (Å²) >= 11 is 0. The van der Waals surface area contributed by atoms with Crippen molar-refractivity contribution >= 4 is 5.97 Å². The molecule has 0 bridgehead atoms. The number of carbonyl (C=O) groups excluding carboxylic acids is 1. The zero-order valence-corrected chi connectivity index (χ0v) is 9.87. The molecule has 0 radical (unpaired) electrons. The first kappa shape index (κ1) is 12.5. The lowest BCUT2D eigenvalue weighted by atomic mass is 9.79. The van der Waals surface area contributed by atoms with Gasteiger partial charge in [-0.1, -0.05) is 26.2 Å². The molecule has 0 aliphatic heterocycles. The average Bonchev–Trinajstić information content (AvgIpc) is 2.18. The Hall–Kier alpha value is -0.570. The number of carbonyl (C=O) groups is 1. The van der Waals surface area contributed by atoms with Gasteiger partial charge in [-0.25, -0.2) is 0 Å². The van der Waals surface area contributed by atoms with Gasteiger partial charge in [-0.2, -0.15) is 0 Å². The van der Waals surface area contributed by atoms with E-state index in [1.54, 1.807) is 0 Å². The van der Waals surface area contributed by atoms with Crippen molar-refractivity contribution in [3.05, 3.63) is 0 Å². The number of rotatable bonds is 4. The van der Waals surface area contributed by atoms with Crippen molar-refractivity contribution in [3.63, 3.8) is 0 Å². The van der Waals surface area contributed by atoms with Crippen LogP contribution in [0.2, 0.25) is 0 Å². The first-order valence-corrected chi connectivity index (χ1v) is 6.05. The van der Waals surface area contributed by atoms with Gasteiger partial charge in [0, 0.05) is 0 Å². The molecule has 88 valence electrons. The molecule has 1 aliphatic rings. The highest BCUT2D eigenvalue weighted by molar-refractivity contribution is 5.75. The van der Waals surface area contributed by atoms with Crippen LogP contribution < -0.4 is 5.73 Å². The highest BCUT2D eigenvalue weighted by Gasteiger charge is 2.24. The van der Waals surface area contributed by atoms with Crippen LogP contribution in [-0.2, 0) is 9.53 Å². The highest BCUT2D eigenvalue weighted by atomic mass is 16.5. The van der Waals surface area contributed by atoms with E-state index >= 15 is 0 Å². The fourth-order valence-corrected chi connectivity index (χ4v) is 2.48. The van der Waals surface area contributed by atoms with Gasteiger partial charge >= 0.3 is 5.97 Å². The summed E-state index contributed by atoms with van der Waals surface area (Å²) in [6.07, 6.45) is 5.83. The minimum atomic E-state index is -0.416. The molecule has 1 saturated carbocycles. The second-order valence-electron chi connectivity index (χ2n) is 4.73. The van der Waals surface area contributed by atoms with Gasteiger partial charge in [-0.15, -0.1) is 0 Å². The minimum absolute atomic E-state index is 0.240. The van der Waals surface area contributed by atoms with E-state index in [2.05, 4.69) is 6.92 Å². The molecule has 0 heterocycles. The van der Waals surface area contributed by atoms with E-state index in [9.17, 15) is 4.79 Å². The SMILES string of the molecule is CCOC(=O)C(N)CC1CCCC(C)C1. The molecule has 2 N–H and O–H groups in total. The summed E-state index contributed by atoms with van der Waals surface area (Å²) in [5.41, 5.74) is 5.81. The summed E-state index contributed by atoms with van der Waals surface area (Å²) in [7, 11) is 0. The third-order valence-electron chi connectivity index (χ3n) is 3.22. The van der Waals surface area contributed by atoms with Crippen LogP contribution in [0.5, 0.6) is 0 Å². The summed E-state index contributed by atoms with van der Waals surface area (Å²) in [5, 5.41) is 0. The minimum Gasteiger partial charge on any atom is -0.465 e. The van der Waals surface area contributed by atoms with Gasteiger partial charge in [0.25, 0.3) is 0 Å². The molecule has 15 heavy (non-hydrogen) atoms. The standard InChI is InChI=1S/C12H23NO2/c1-3-15-12(14)11(13)8-10-6-4-5-9(2)7-10/h9-11H,3-8,13H2,1-2H3. The van der Waals surface area contributed by atoms with E-state index in [1.807, 2.05) is 6.92 Å². The molecule has 0 aromatic rings. The summed E-state index contributed by atoms with van der Waals surface area (Å²) in [6.45, 7) is 4.52. The van der Waals surface area contributed by atoms with Crippen LogP contribution in [0.25, 0.3) is 0 Å². The van der Waals surface area contributed by atoms with Gasteiger partial charge in [0.2, 0.25) is 0 Å². The van der Waals surface area contributed by atoms with Crippen LogP contribution in [0.1, 0.15) is 46.0 Å². The molecule has 0 spiro atoms. The summed E-state index contributed by atoms with van der Waals surface area (Å²) in [4.78, 5) is 11.4. The number of ether oxygens (including phenoxy) is 1. The quantitative estimate of drug-likeness (QED) is 0.727. The molecule has 1 aliphatic carbocycles. The maximum Gasteiger partial charge on any atom is 0.322 e. The van der Waals surface area contributed by atoms with Crippen molar-refractivity contribution in [1.29, 1.82) is 0 Å². The predicted octanol–water partition coefficient (Wildman–Crippen LogP) is 2.09. The van der Waals surface area contributed by atoms with E-state index in [0.717, 1.165) is 12.3 Å². The normalized spacial score (nSPS) is 28.5. The van der Waals surface area contributed by atoms with Crippen LogP contribution in [0, 0.1) is 11.8 Å². The fourth-order valence-electron chi connectivity index (χ4n) is 2.48. The molecule has 0 aromatic carbocycles. The molecule has 3 atom stereocenters. The first-order valence-electron chi connectivity index (χ1n) is 6.05. The molecule has 3 unspecified atom stereocenters. The van der Waals surface area contributed by atoms with Crippen LogP contribution >= 0.6 is 0 Å². The summed E-state index contributed by atoms with van der Waals surface area (Å²) in [6, 6.07) is -0.416. The molecule has 0 aromatic heterocycles. The van der Waals surface area contributed by atoms with E-state index in [0.29, 0.717) is 12.5 Å². The number of hydrogen-bond donors (Lipinski definition) is 1. The van der Waals surface area contributed by atoms with E-state index < -0.39 is 6.04 Å². The lowest BCUT2D eigenvalue weighted by Gasteiger charge is -2.28. The topological polar surface area (TPSA) is 52.3 Å². The lowest BCUT2D eigenvalue weighted by Crippen LogP contribution is -2.35. The maximum absolute atomic E-state index is 11.4. The monoisotopic (exact) mass is 213 g/mol. The third-order valence-corrected chi connectivity index (χ3v) is 3.22. The van der Waals surface area contributed by atoms with E-state index in [4.69, 9.17) is 10.5 Å². The zero-order chi connectivity index (χ0) is 11.3. The Morgan fingerprint density at radius 3 is 2.87 bits per heavy atom. The molecule has 0 saturated heterocycles. The van der Waals surface area contributed by atoms with Crippen LogP contribution in [0.3, 0.4) is 0 Å². The van der Waals surface area contributed by atoms with Crippen molar-refractivity contribution in [2.75, 3.05) is 6.61 Å². The lowest BCUT2D eigenvalue weighted by molar-refractivity contribution is -0.145. The van der Waals surface area contributed by atoms with Gasteiger partial charge in [-0.3, -0.25) is 4.79 Å². The Morgan fingerprint density at radius 2 is 2.27 bits per heavy atom. The molecule has 1 rings (SSSR count). The van der Waals surface area contributed by atoms with Crippen molar-refractivity contribution in [2.24, 2.45) is 17.6 Å². The number of hydrogen-bond acceptors (Lipinski definition) is 3. The summed E-state index contributed by atoms with van der Waals surface area (Å²) < 4.78 is 4.91. The molecular formula is C12H23NO2. The van der Waals surface area contributed by atoms with Crippen molar-refractivity contribution in [1.82, 2.24) is 0 Å². The Morgan fingerprint density at radius 1 is 1.53 bits per heavy atom. The third kappa shape index (κ3) is 4.20. The predicted molar refractivity (Wildman–Crippen MR) is 60.3 cm³/mol. The second-order valence-corrected chi connectivity index (χ2v) is 4.73. The van der Waals surface area contributed by atoms with Gasteiger partial charge in [0.05, 0.1) is 6.61 Å². The van der Waals surface area contributed by atoms with Crippen LogP contribution in [-0.4, -0.2) is 18.6 Å². The van der Waals surface area contributed by atoms with E-state index in [1.165, 1.54) is 25.7 Å². The summed E-state index contributed by atoms with van der Waals surface area (Å²) in [5.74, 6) is 1.17. The zero-order valence-electron chi connectivity index (χ0n) is 9.87. The Balaban J connectivity index is 2.30. The van der Waals surface area contributed by atoms with Crippen molar-refractivity contribution in [2.45, 2.75) is 52.0 Å². The Labute approximate surface area is 92.4 Å². The van der Waals surface area contributed by atoms with Gasteiger partial charge in [0.1, 0.15) is 6.04 Å². The van der Waals surface area contributed by atoms with Crippen LogP contribution in [0.15, 0.2) is 0 Å². The number of nitrogens with two attached hydrogens (primary N) is 1. The smallest absolute Gasteiger partial charge is 0.322 e. The Bertz CT molecular complexity index is 206. The van der Waals surface area contributed by atoms with Gasteiger partial charge in [-0.05, 0) is 31.6 Å². The second kappa shape index (κ2) is 6.11. The molecule has 0 amide bonds. The maximum atomic E-state index is 11.4. The fraction of sp³-hybridized carbons (Fsp3) is 0.917. The molecular weight excluding hydrogens is 190 g/mol. The van der Waals surface area contributed by atoms with Gasteiger partial charge in [0.15, 0.2) is 0 Å². The van der Waals surface area contributed by atoms with Crippen molar-refractivity contribution < 1.29 is 9.53 Å².